The van der Waals surface area contributed by atoms with Crippen LogP contribution in [0.15, 0.2) is 66.7 Å². The van der Waals surface area contributed by atoms with Gasteiger partial charge >= 0.3 is 12.1 Å². The zero-order valence-electron chi connectivity index (χ0n) is 23.9. The minimum atomic E-state index is -5.08. The summed E-state index contributed by atoms with van der Waals surface area (Å²) in [6.07, 6.45) is -5.16. The Hall–Kier alpha value is -5.47. The lowest BCUT2D eigenvalue weighted by Gasteiger charge is -2.22. The number of phenols is 1. The third-order valence-corrected chi connectivity index (χ3v) is 5.42. The number of anilines is 1. The van der Waals surface area contributed by atoms with Gasteiger partial charge in [-0.3, -0.25) is 25.8 Å². The number of carboxylic acids is 1. The largest absolute Gasteiger partial charge is 0.507 e. The Morgan fingerprint density at radius 2 is 1.59 bits per heavy atom. The maximum absolute atomic E-state index is 13.3. The van der Waals surface area contributed by atoms with Crippen LogP contribution in [0.2, 0.25) is 0 Å². The molecule has 1 unspecified atom stereocenters. The van der Waals surface area contributed by atoms with Crippen LogP contribution in [-0.4, -0.2) is 52.7 Å². The second kappa shape index (κ2) is 15.7. The van der Waals surface area contributed by atoms with E-state index in [1.165, 1.54) is 12.1 Å². The number of amidine groups is 1. The molecule has 12 nitrogen and oxygen atoms in total. The van der Waals surface area contributed by atoms with Crippen LogP contribution in [0, 0.1) is 5.41 Å². The average molecular weight is 620 g/mol. The Balaban J connectivity index is 0.000000860. The van der Waals surface area contributed by atoms with E-state index in [4.69, 9.17) is 30.5 Å². The summed E-state index contributed by atoms with van der Waals surface area (Å²) >= 11 is 0. The number of para-hydroxylation sites is 1. The van der Waals surface area contributed by atoms with Crippen LogP contribution in [-0.2, 0) is 9.59 Å². The summed E-state index contributed by atoms with van der Waals surface area (Å²) in [5.74, 6) is -3.28. The second-order valence-corrected chi connectivity index (χ2v) is 9.14. The number of rotatable bonds is 10. The molecule has 0 radical (unpaired) electrons. The lowest BCUT2D eigenvalue weighted by molar-refractivity contribution is -0.192. The first-order valence-electron chi connectivity index (χ1n) is 13.0. The molecule has 0 fully saturated rings. The van der Waals surface area contributed by atoms with Crippen molar-refractivity contribution in [2.24, 2.45) is 5.73 Å². The Morgan fingerprint density at radius 3 is 2.11 bits per heavy atom. The molecule has 1 atom stereocenters. The number of phenolic OH excluding ortho intramolecular Hbond substituents is 1. The van der Waals surface area contributed by atoms with Crippen LogP contribution in [0.1, 0.15) is 48.3 Å². The highest BCUT2D eigenvalue weighted by Gasteiger charge is 2.38. The van der Waals surface area contributed by atoms with Crippen molar-refractivity contribution < 1.29 is 47.2 Å². The predicted octanol–water partition coefficient (Wildman–Crippen LogP) is 4.11. The molecule has 0 spiro atoms. The number of hydrogen-bond donors (Lipinski definition) is 7. The fourth-order valence-corrected chi connectivity index (χ4v) is 3.46. The van der Waals surface area contributed by atoms with Crippen molar-refractivity contribution in [1.82, 2.24) is 10.9 Å². The zero-order chi connectivity index (χ0) is 33.0. The third-order valence-electron chi connectivity index (χ3n) is 5.42. The van der Waals surface area contributed by atoms with Gasteiger partial charge in [0, 0.05) is 11.3 Å². The van der Waals surface area contributed by atoms with Gasteiger partial charge in [0.2, 0.25) is 0 Å². The van der Waals surface area contributed by atoms with Gasteiger partial charge in [-0.15, -0.1) is 0 Å². The van der Waals surface area contributed by atoms with Crippen LogP contribution in [0.4, 0.5) is 18.9 Å². The van der Waals surface area contributed by atoms with Gasteiger partial charge in [0.05, 0.1) is 18.3 Å². The van der Waals surface area contributed by atoms with Gasteiger partial charge in [0.1, 0.15) is 17.6 Å². The maximum Gasteiger partial charge on any atom is 0.490 e. The predicted molar refractivity (Wildman–Crippen MR) is 155 cm³/mol. The molecule has 236 valence electrons. The lowest BCUT2D eigenvalue weighted by atomic mass is 10.0. The fraction of sp³-hybridized carbons (Fsp3) is 0.241. The van der Waals surface area contributed by atoms with E-state index in [-0.39, 0.29) is 23.3 Å². The highest BCUT2D eigenvalue weighted by Crippen LogP contribution is 2.33. The molecular formula is C29H32F3N5O7. The van der Waals surface area contributed by atoms with E-state index in [0.717, 1.165) is 0 Å². The first-order valence-corrected chi connectivity index (χ1v) is 13.0. The van der Waals surface area contributed by atoms with E-state index < -0.39 is 30.0 Å². The van der Waals surface area contributed by atoms with Crippen molar-refractivity contribution in [3.8, 4) is 17.2 Å². The number of benzene rings is 3. The maximum atomic E-state index is 13.3. The van der Waals surface area contributed by atoms with E-state index in [1.807, 2.05) is 20.8 Å². The first kappa shape index (κ1) is 34.7. The van der Waals surface area contributed by atoms with E-state index >= 15 is 0 Å². The lowest BCUT2D eigenvalue weighted by Crippen LogP contribution is -2.45. The van der Waals surface area contributed by atoms with Crippen LogP contribution in [0.3, 0.4) is 0 Å². The number of ether oxygens (including phenoxy) is 2. The van der Waals surface area contributed by atoms with Crippen LogP contribution in [0.25, 0.3) is 0 Å². The number of aliphatic carboxylic acids is 1. The molecule has 0 saturated carbocycles. The van der Waals surface area contributed by atoms with Crippen molar-refractivity contribution in [2.45, 2.75) is 39.1 Å². The second-order valence-electron chi connectivity index (χ2n) is 9.14. The molecule has 3 aromatic carbocycles. The number of nitrogens with two attached hydrogens (primary N) is 1. The summed E-state index contributed by atoms with van der Waals surface area (Å²) in [4.78, 5) is 34.7. The minimum Gasteiger partial charge on any atom is -0.507 e. The summed E-state index contributed by atoms with van der Waals surface area (Å²) in [5, 5.41) is 27.8. The molecule has 2 amide bonds. The molecule has 15 heteroatoms. The number of aromatic hydroxyl groups is 1. The number of carbonyl (C=O) groups is 3. The standard InChI is InChI=1S/C27H31N5O5.C2HF3O2/c1-4-36-23-15-18(11-14-22(23)37-16(2)3)24(30-19-12-9-17(10-13-19)25(28)29)27(35)32-31-26(34)20-7-5-6-8-21(20)33;3-2(4,5)1(6)7/h5-16,24,30,33H,4H2,1-3H3,(H3,28,29)(H,31,34)(H,32,35);(H,6,7). The summed E-state index contributed by atoms with van der Waals surface area (Å²) in [7, 11) is 0. The smallest absolute Gasteiger partial charge is 0.490 e. The Kier molecular flexibility index (Phi) is 12.4. The van der Waals surface area contributed by atoms with Gasteiger partial charge in [-0.05, 0) is 74.9 Å². The van der Waals surface area contributed by atoms with Gasteiger partial charge in [-0.1, -0.05) is 18.2 Å². The monoisotopic (exact) mass is 619 g/mol. The SMILES string of the molecule is CCOc1cc(C(Nc2ccc(C(=N)N)cc2)C(=O)NNC(=O)c2ccccc2O)ccc1OC(C)C.O=C(O)C(F)(F)F. The van der Waals surface area contributed by atoms with E-state index in [9.17, 15) is 27.9 Å². The summed E-state index contributed by atoms with van der Waals surface area (Å²) in [6.45, 7) is 6.05. The van der Waals surface area contributed by atoms with E-state index in [0.29, 0.717) is 34.9 Å². The number of halogens is 3. The first-order chi connectivity index (χ1) is 20.6. The Bertz CT molecular complexity index is 1460. The van der Waals surface area contributed by atoms with E-state index in [1.54, 1.807) is 54.6 Å². The molecule has 44 heavy (non-hydrogen) atoms. The number of carbonyl (C=O) groups excluding carboxylic acids is 2. The number of amides is 2. The summed E-state index contributed by atoms with van der Waals surface area (Å²) < 4.78 is 43.3. The molecule has 3 rings (SSSR count). The van der Waals surface area contributed by atoms with Crippen molar-refractivity contribution in [3.05, 3.63) is 83.4 Å². The average Bonchev–Trinajstić information content (AvgIpc) is 2.95. The van der Waals surface area contributed by atoms with Gasteiger partial charge in [-0.25, -0.2) is 4.79 Å². The Labute approximate surface area is 250 Å². The minimum absolute atomic E-state index is 0.0148. The molecular weight excluding hydrogens is 587 g/mol. The quantitative estimate of drug-likeness (QED) is 0.0992. The Morgan fingerprint density at radius 1 is 0.977 bits per heavy atom. The highest BCUT2D eigenvalue weighted by atomic mass is 19.4. The van der Waals surface area contributed by atoms with Crippen molar-refractivity contribution in [2.75, 3.05) is 11.9 Å². The molecule has 3 aromatic rings. The van der Waals surface area contributed by atoms with Crippen molar-refractivity contribution in [3.63, 3.8) is 0 Å². The van der Waals surface area contributed by atoms with Gasteiger partial charge in [0.15, 0.2) is 11.5 Å². The number of nitrogens with one attached hydrogen (secondary N) is 4. The van der Waals surface area contributed by atoms with E-state index in [2.05, 4.69) is 16.2 Å². The molecule has 0 heterocycles. The molecule has 8 N–H and O–H groups in total. The van der Waals surface area contributed by atoms with Gasteiger partial charge in [-0.2, -0.15) is 13.2 Å². The summed E-state index contributed by atoms with van der Waals surface area (Å²) in [5.41, 5.74) is 12.0. The van der Waals surface area contributed by atoms with Crippen molar-refractivity contribution in [1.29, 1.82) is 5.41 Å². The molecule has 0 bridgehead atoms. The number of hydrazine groups is 1. The van der Waals surface area contributed by atoms with Crippen LogP contribution >= 0.6 is 0 Å². The molecule has 0 aromatic heterocycles. The topological polar surface area (TPSA) is 196 Å². The van der Waals surface area contributed by atoms with Crippen molar-refractivity contribution >= 4 is 29.3 Å². The zero-order valence-corrected chi connectivity index (χ0v) is 23.9. The summed E-state index contributed by atoms with van der Waals surface area (Å²) in [6, 6.07) is 16.9. The van der Waals surface area contributed by atoms with Gasteiger partial charge in [0.25, 0.3) is 11.8 Å². The number of alkyl halides is 3. The number of carboxylic acid groups (broad SMARTS) is 1. The van der Waals surface area contributed by atoms with Crippen LogP contribution in [0.5, 0.6) is 17.2 Å². The molecule has 0 aliphatic carbocycles. The van der Waals surface area contributed by atoms with Gasteiger partial charge < -0.3 is 30.7 Å². The number of nitrogen functional groups attached to an aromatic ring is 1. The number of hydrogen-bond acceptors (Lipinski definition) is 8. The third kappa shape index (κ3) is 10.4. The normalized spacial score (nSPS) is 11.3. The molecule has 0 aliphatic heterocycles. The molecule has 0 saturated heterocycles. The molecule has 0 aliphatic rings. The fourth-order valence-electron chi connectivity index (χ4n) is 3.46. The van der Waals surface area contributed by atoms with Crippen LogP contribution < -0.4 is 31.4 Å². The highest BCUT2D eigenvalue weighted by molar-refractivity contribution is 5.98.